The fourth-order valence-electron chi connectivity index (χ4n) is 2.77. The lowest BCUT2D eigenvalue weighted by molar-refractivity contribution is -0.157. The van der Waals surface area contributed by atoms with Crippen LogP contribution < -0.4 is 10.6 Å². The van der Waals surface area contributed by atoms with Gasteiger partial charge >= 0.3 is 5.97 Å². The molecular formula is C22H27N3O5. The molecule has 30 heavy (non-hydrogen) atoms. The first-order valence-electron chi connectivity index (χ1n) is 9.54. The van der Waals surface area contributed by atoms with Crippen LogP contribution in [0.4, 0.5) is 0 Å². The molecule has 3 N–H and O–H groups in total. The van der Waals surface area contributed by atoms with E-state index in [-0.39, 0.29) is 13.0 Å². The Morgan fingerprint density at radius 2 is 1.77 bits per heavy atom. The molecule has 0 aliphatic heterocycles. The highest BCUT2D eigenvalue weighted by Crippen LogP contribution is 2.18. The number of amides is 2. The lowest BCUT2D eigenvalue weighted by Gasteiger charge is -2.28. The highest BCUT2D eigenvalue weighted by atomic mass is 16.5. The summed E-state index contributed by atoms with van der Waals surface area (Å²) in [5.41, 5.74) is -0.0304. The van der Waals surface area contributed by atoms with Gasteiger partial charge in [-0.1, -0.05) is 36.4 Å². The number of rotatable bonds is 9. The van der Waals surface area contributed by atoms with Crippen molar-refractivity contribution in [3.8, 4) is 0 Å². The number of aromatic nitrogens is 1. The van der Waals surface area contributed by atoms with E-state index in [1.54, 1.807) is 24.4 Å². The van der Waals surface area contributed by atoms with E-state index in [1.165, 1.54) is 21.0 Å². The molecule has 8 nitrogen and oxygen atoms in total. The van der Waals surface area contributed by atoms with Gasteiger partial charge < -0.3 is 20.5 Å². The number of aliphatic hydroxyl groups excluding tert-OH is 1. The van der Waals surface area contributed by atoms with Crippen LogP contribution in [0.25, 0.3) is 0 Å². The number of ether oxygens (including phenoxy) is 1. The summed E-state index contributed by atoms with van der Waals surface area (Å²) in [6.07, 6.45) is 0.263. The first kappa shape index (κ1) is 23.0. The van der Waals surface area contributed by atoms with Crippen LogP contribution in [-0.4, -0.2) is 47.1 Å². The zero-order valence-corrected chi connectivity index (χ0v) is 17.3. The highest BCUT2D eigenvalue weighted by molar-refractivity contribution is 6.02. The molecule has 0 aliphatic rings. The Labute approximate surface area is 175 Å². The molecule has 8 heteroatoms. The number of hydrogen-bond donors (Lipinski definition) is 3. The first-order chi connectivity index (χ1) is 14.3. The lowest BCUT2D eigenvalue weighted by atomic mass is 9.91. The second-order valence-electron chi connectivity index (χ2n) is 7.37. The van der Waals surface area contributed by atoms with Gasteiger partial charge in [0, 0.05) is 6.20 Å². The smallest absolute Gasteiger partial charge is 0.320 e. The van der Waals surface area contributed by atoms with E-state index in [4.69, 9.17) is 0 Å². The van der Waals surface area contributed by atoms with Crippen LogP contribution >= 0.6 is 0 Å². The number of esters is 1. The highest BCUT2D eigenvalue weighted by Gasteiger charge is 2.40. The van der Waals surface area contributed by atoms with Crippen LogP contribution in [0.5, 0.6) is 0 Å². The largest absolute Gasteiger partial charge is 0.468 e. The predicted octanol–water partition coefficient (Wildman–Crippen LogP) is 0.985. The molecule has 160 valence electrons. The summed E-state index contributed by atoms with van der Waals surface area (Å²) < 4.78 is 4.68. The van der Waals surface area contributed by atoms with E-state index >= 15 is 0 Å². The molecule has 0 radical (unpaired) electrons. The molecule has 1 aromatic carbocycles. The molecule has 1 aromatic heterocycles. The summed E-state index contributed by atoms with van der Waals surface area (Å²) in [6, 6.07) is 13.5. The normalized spacial score (nSPS) is 13.1. The van der Waals surface area contributed by atoms with Gasteiger partial charge in [-0.15, -0.1) is 0 Å². The van der Waals surface area contributed by atoms with Crippen molar-refractivity contribution in [2.45, 2.75) is 39.0 Å². The number of nitrogens with one attached hydrogen (secondary N) is 2. The summed E-state index contributed by atoms with van der Waals surface area (Å²) in [4.78, 5) is 41.3. The second-order valence-corrected chi connectivity index (χ2v) is 7.37. The Morgan fingerprint density at radius 3 is 2.37 bits per heavy atom. The van der Waals surface area contributed by atoms with Crippen molar-refractivity contribution < 1.29 is 24.2 Å². The molecule has 0 saturated carbocycles. The van der Waals surface area contributed by atoms with Crippen molar-refractivity contribution in [3.05, 3.63) is 66.0 Å². The van der Waals surface area contributed by atoms with Crippen LogP contribution in [0.2, 0.25) is 0 Å². The Bertz CT molecular complexity index is 856. The molecule has 0 saturated heterocycles. The minimum atomic E-state index is -1.54. The minimum absolute atomic E-state index is 0.135. The van der Waals surface area contributed by atoms with Crippen LogP contribution in [0, 0.1) is 5.41 Å². The number of hydrogen-bond acceptors (Lipinski definition) is 6. The predicted molar refractivity (Wildman–Crippen MR) is 110 cm³/mol. The zero-order chi connectivity index (χ0) is 22.1. The first-order valence-corrected chi connectivity index (χ1v) is 9.54. The van der Waals surface area contributed by atoms with E-state index in [9.17, 15) is 19.5 Å². The summed E-state index contributed by atoms with van der Waals surface area (Å²) in [5, 5.41) is 15.9. The van der Waals surface area contributed by atoms with Gasteiger partial charge in [0.2, 0.25) is 5.91 Å². The van der Waals surface area contributed by atoms with Crippen LogP contribution in [0.3, 0.4) is 0 Å². The maximum atomic E-state index is 12.7. The number of carbonyl (C=O) groups excluding carboxylic acids is 3. The summed E-state index contributed by atoms with van der Waals surface area (Å²) in [5.74, 6) is -2.02. The van der Waals surface area contributed by atoms with Crippen LogP contribution in [-0.2, 0) is 32.1 Å². The number of aliphatic hydroxyl groups is 1. The number of nitrogens with zero attached hydrogens (tertiary/aromatic N) is 1. The van der Waals surface area contributed by atoms with Gasteiger partial charge in [0.1, 0.15) is 5.41 Å². The lowest BCUT2D eigenvalue weighted by Crippen LogP contribution is -2.55. The molecule has 2 atom stereocenters. The van der Waals surface area contributed by atoms with E-state index in [0.717, 1.165) is 5.56 Å². The molecular weight excluding hydrogens is 386 g/mol. The van der Waals surface area contributed by atoms with Gasteiger partial charge in [-0.3, -0.25) is 19.4 Å². The standard InChI is InChI=1S/C22H27N3O5/c1-22(2,21(29)30-3)20(28)25-17(13-15-9-5-4-6-10-15)18(26)19(27)24-14-16-11-7-8-12-23-16/h4-12,17-18,26H,13-14H2,1-3H3,(H,24,27)(H,25,28). The maximum Gasteiger partial charge on any atom is 0.320 e. The molecule has 1 heterocycles. The Morgan fingerprint density at radius 1 is 1.10 bits per heavy atom. The molecule has 2 unspecified atom stereocenters. The van der Waals surface area contributed by atoms with Gasteiger partial charge in [0.25, 0.3) is 5.91 Å². The monoisotopic (exact) mass is 413 g/mol. The Hall–Kier alpha value is -3.26. The Balaban J connectivity index is 2.14. The van der Waals surface area contributed by atoms with Crippen molar-refractivity contribution >= 4 is 17.8 Å². The fraction of sp³-hybridized carbons (Fsp3) is 0.364. The molecule has 2 rings (SSSR count). The third kappa shape index (κ3) is 6.12. The fourth-order valence-corrected chi connectivity index (χ4v) is 2.77. The summed E-state index contributed by atoms with van der Waals surface area (Å²) >= 11 is 0. The molecule has 0 aliphatic carbocycles. The zero-order valence-electron chi connectivity index (χ0n) is 17.3. The van der Waals surface area contributed by atoms with Gasteiger partial charge in [-0.05, 0) is 38.0 Å². The minimum Gasteiger partial charge on any atom is -0.468 e. The second kappa shape index (κ2) is 10.5. The number of carbonyl (C=O) groups is 3. The van der Waals surface area contributed by atoms with Gasteiger partial charge in [0.15, 0.2) is 6.10 Å². The van der Waals surface area contributed by atoms with Gasteiger partial charge in [-0.25, -0.2) is 0 Å². The molecule has 0 fully saturated rings. The van der Waals surface area contributed by atoms with Gasteiger partial charge in [-0.2, -0.15) is 0 Å². The number of benzene rings is 1. The van der Waals surface area contributed by atoms with E-state index in [0.29, 0.717) is 5.69 Å². The molecule has 2 amide bonds. The molecule has 0 spiro atoms. The van der Waals surface area contributed by atoms with E-state index < -0.39 is 35.3 Å². The average Bonchev–Trinajstić information content (AvgIpc) is 2.77. The molecule has 2 aromatic rings. The third-order valence-corrected chi connectivity index (χ3v) is 4.70. The van der Waals surface area contributed by atoms with Crippen molar-refractivity contribution in [2.75, 3.05) is 7.11 Å². The summed E-state index contributed by atoms with van der Waals surface area (Å²) in [6.45, 7) is 2.97. The van der Waals surface area contributed by atoms with Crippen molar-refractivity contribution in [1.82, 2.24) is 15.6 Å². The number of methoxy groups -OCH3 is 1. The maximum absolute atomic E-state index is 12.7. The van der Waals surface area contributed by atoms with Crippen LogP contribution in [0.15, 0.2) is 54.7 Å². The van der Waals surface area contributed by atoms with Crippen molar-refractivity contribution in [1.29, 1.82) is 0 Å². The van der Waals surface area contributed by atoms with Gasteiger partial charge in [0.05, 0.1) is 25.4 Å². The van der Waals surface area contributed by atoms with E-state index in [2.05, 4.69) is 20.4 Å². The van der Waals surface area contributed by atoms with E-state index in [1.807, 2.05) is 30.3 Å². The topological polar surface area (TPSA) is 118 Å². The average molecular weight is 413 g/mol. The van der Waals surface area contributed by atoms with Crippen molar-refractivity contribution in [2.24, 2.45) is 5.41 Å². The SMILES string of the molecule is COC(=O)C(C)(C)C(=O)NC(Cc1ccccc1)C(O)C(=O)NCc1ccccn1. The number of pyridine rings is 1. The Kier molecular flexibility index (Phi) is 8.06. The van der Waals surface area contributed by atoms with Crippen molar-refractivity contribution in [3.63, 3.8) is 0 Å². The quantitative estimate of drug-likeness (QED) is 0.417. The van der Waals surface area contributed by atoms with Crippen LogP contribution in [0.1, 0.15) is 25.1 Å². The third-order valence-electron chi connectivity index (χ3n) is 4.70. The molecule has 0 bridgehead atoms. The summed E-state index contributed by atoms with van der Waals surface area (Å²) in [7, 11) is 1.19.